The van der Waals surface area contributed by atoms with Crippen LogP contribution in [0, 0.1) is 0 Å². The van der Waals surface area contributed by atoms with Crippen LogP contribution in [0.4, 0.5) is 5.69 Å². The van der Waals surface area contributed by atoms with E-state index in [0.717, 1.165) is 5.56 Å². The van der Waals surface area contributed by atoms with Crippen LogP contribution in [0.5, 0.6) is 17.2 Å². The number of carbonyl (C=O) groups is 3. The van der Waals surface area contributed by atoms with Gasteiger partial charge in [-0.3, -0.25) is 14.4 Å². The van der Waals surface area contributed by atoms with Crippen molar-refractivity contribution in [1.29, 1.82) is 0 Å². The third-order valence-electron chi connectivity index (χ3n) is 4.70. The maximum absolute atomic E-state index is 12.4. The number of ketones is 1. The van der Waals surface area contributed by atoms with Crippen LogP contribution in [-0.2, 0) is 16.0 Å². The zero-order valence-corrected chi connectivity index (χ0v) is 16.9. The van der Waals surface area contributed by atoms with Gasteiger partial charge in [0.25, 0.3) is 5.91 Å². The van der Waals surface area contributed by atoms with Crippen LogP contribution in [0.1, 0.15) is 28.8 Å². The van der Waals surface area contributed by atoms with E-state index >= 15 is 0 Å². The van der Waals surface area contributed by atoms with Crippen molar-refractivity contribution in [1.82, 2.24) is 5.32 Å². The van der Waals surface area contributed by atoms with Gasteiger partial charge in [-0.05, 0) is 42.3 Å². The molecule has 8 heteroatoms. The van der Waals surface area contributed by atoms with E-state index in [2.05, 4.69) is 10.6 Å². The number of carbonyl (C=O) groups excluding carboxylic acids is 3. The van der Waals surface area contributed by atoms with E-state index in [4.69, 9.17) is 14.2 Å². The topological polar surface area (TPSA) is 103 Å². The maximum Gasteiger partial charge on any atom is 0.262 e. The molecule has 0 bridgehead atoms. The molecule has 0 radical (unpaired) electrons. The van der Waals surface area contributed by atoms with Gasteiger partial charge >= 0.3 is 0 Å². The molecular weight excluding hydrogens is 388 g/mol. The Morgan fingerprint density at radius 1 is 1.07 bits per heavy atom. The van der Waals surface area contributed by atoms with Crippen LogP contribution < -0.4 is 24.8 Å². The van der Waals surface area contributed by atoms with Gasteiger partial charge in [0.1, 0.15) is 5.75 Å². The molecule has 0 saturated carbocycles. The standard InChI is InChI=1S/C22H24N2O6/c1-28-19-6-3-14(11-20(19)29-2)9-10-23-21(26)8-5-17(25)15-4-7-18-16(12-15)24-22(27)13-30-18/h3-4,6-7,11-12H,5,8-10,13H2,1-2H3,(H,23,26)(H,24,27). The second-order valence-corrected chi connectivity index (χ2v) is 6.76. The molecule has 1 aliphatic heterocycles. The van der Waals surface area contributed by atoms with Crippen molar-refractivity contribution in [2.45, 2.75) is 19.3 Å². The summed E-state index contributed by atoms with van der Waals surface area (Å²) in [5.74, 6) is 1.18. The Morgan fingerprint density at radius 2 is 1.87 bits per heavy atom. The molecule has 0 aromatic heterocycles. The first-order valence-corrected chi connectivity index (χ1v) is 9.57. The van der Waals surface area contributed by atoms with Crippen LogP contribution in [0.15, 0.2) is 36.4 Å². The van der Waals surface area contributed by atoms with Crippen LogP contribution in [0.3, 0.4) is 0 Å². The minimum atomic E-state index is -0.263. The summed E-state index contributed by atoms with van der Waals surface area (Å²) in [4.78, 5) is 35.9. The molecule has 1 heterocycles. The zero-order valence-electron chi connectivity index (χ0n) is 16.9. The lowest BCUT2D eigenvalue weighted by Gasteiger charge is -2.18. The number of ether oxygens (including phenoxy) is 3. The number of methoxy groups -OCH3 is 2. The summed E-state index contributed by atoms with van der Waals surface area (Å²) in [7, 11) is 3.15. The van der Waals surface area contributed by atoms with Gasteiger partial charge in [-0.15, -0.1) is 0 Å². The number of rotatable bonds is 9. The molecule has 1 aliphatic rings. The van der Waals surface area contributed by atoms with Crippen molar-refractivity contribution in [3.05, 3.63) is 47.5 Å². The van der Waals surface area contributed by atoms with E-state index in [-0.39, 0.29) is 37.0 Å². The molecule has 2 amide bonds. The monoisotopic (exact) mass is 412 g/mol. The molecular formula is C22H24N2O6. The Hall–Kier alpha value is -3.55. The smallest absolute Gasteiger partial charge is 0.262 e. The Balaban J connectivity index is 1.45. The van der Waals surface area contributed by atoms with Gasteiger partial charge in [0.15, 0.2) is 23.9 Å². The van der Waals surface area contributed by atoms with Gasteiger partial charge in [0.2, 0.25) is 5.91 Å². The first kappa shape index (κ1) is 21.2. The lowest BCUT2D eigenvalue weighted by atomic mass is 10.0. The molecule has 158 valence electrons. The van der Waals surface area contributed by atoms with E-state index in [1.165, 1.54) is 0 Å². The summed E-state index contributed by atoms with van der Waals surface area (Å²) in [6.45, 7) is 0.411. The Bertz CT molecular complexity index is 957. The van der Waals surface area contributed by atoms with E-state index in [1.807, 2.05) is 18.2 Å². The molecule has 2 aromatic rings. The SMILES string of the molecule is COc1ccc(CCNC(=O)CCC(=O)c2ccc3c(c2)NC(=O)CO3)cc1OC. The number of Topliss-reactive ketones (excluding diaryl/α,β-unsaturated/α-hetero) is 1. The highest BCUT2D eigenvalue weighted by molar-refractivity contribution is 6.01. The first-order valence-electron chi connectivity index (χ1n) is 9.57. The van der Waals surface area contributed by atoms with Crippen molar-refractivity contribution in [3.63, 3.8) is 0 Å². The Kier molecular flexibility index (Phi) is 6.90. The highest BCUT2D eigenvalue weighted by atomic mass is 16.5. The van der Waals surface area contributed by atoms with Gasteiger partial charge in [0.05, 0.1) is 19.9 Å². The molecule has 30 heavy (non-hydrogen) atoms. The first-order chi connectivity index (χ1) is 14.5. The fraction of sp³-hybridized carbons (Fsp3) is 0.318. The minimum Gasteiger partial charge on any atom is -0.493 e. The van der Waals surface area contributed by atoms with Crippen molar-refractivity contribution in [3.8, 4) is 17.2 Å². The van der Waals surface area contributed by atoms with Gasteiger partial charge in [-0.25, -0.2) is 0 Å². The Labute approximate surface area is 174 Å². The third kappa shape index (κ3) is 5.28. The van der Waals surface area contributed by atoms with Gasteiger partial charge in [-0.1, -0.05) is 6.07 Å². The summed E-state index contributed by atoms with van der Waals surface area (Å²) in [6.07, 6.45) is 0.797. The van der Waals surface area contributed by atoms with E-state index in [9.17, 15) is 14.4 Å². The molecule has 3 rings (SSSR count). The second-order valence-electron chi connectivity index (χ2n) is 6.76. The molecule has 0 unspecified atom stereocenters. The highest BCUT2D eigenvalue weighted by Crippen LogP contribution is 2.29. The third-order valence-corrected chi connectivity index (χ3v) is 4.70. The van der Waals surface area contributed by atoms with E-state index < -0.39 is 0 Å². The van der Waals surface area contributed by atoms with Crippen LogP contribution in [-0.4, -0.2) is 45.0 Å². The van der Waals surface area contributed by atoms with Crippen molar-refractivity contribution in [2.75, 3.05) is 32.7 Å². The summed E-state index contributed by atoms with van der Waals surface area (Å²) >= 11 is 0. The number of benzene rings is 2. The summed E-state index contributed by atoms with van der Waals surface area (Å²) < 4.78 is 15.8. The zero-order chi connectivity index (χ0) is 21.5. The number of hydrogen-bond acceptors (Lipinski definition) is 6. The fourth-order valence-electron chi connectivity index (χ4n) is 3.10. The van der Waals surface area contributed by atoms with Crippen LogP contribution in [0.2, 0.25) is 0 Å². The molecule has 0 spiro atoms. The summed E-state index contributed by atoms with van der Waals surface area (Å²) in [5.41, 5.74) is 1.90. The predicted octanol–water partition coefficient (Wildman–Crippen LogP) is 2.36. The summed E-state index contributed by atoms with van der Waals surface area (Å²) in [6, 6.07) is 10.5. The molecule has 0 atom stereocenters. The fourth-order valence-corrected chi connectivity index (χ4v) is 3.10. The predicted molar refractivity (Wildman–Crippen MR) is 110 cm³/mol. The normalized spacial score (nSPS) is 12.3. The van der Waals surface area contributed by atoms with Crippen LogP contribution >= 0.6 is 0 Å². The number of hydrogen-bond donors (Lipinski definition) is 2. The van der Waals surface area contributed by atoms with Crippen molar-refractivity contribution < 1.29 is 28.6 Å². The number of amides is 2. The van der Waals surface area contributed by atoms with Crippen LogP contribution in [0.25, 0.3) is 0 Å². The van der Waals surface area contributed by atoms with E-state index in [1.54, 1.807) is 32.4 Å². The average Bonchev–Trinajstić information content (AvgIpc) is 2.76. The lowest BCUT2D eigenvalue weighted by molar-refractivity contribution is -0.121. The summed E-state index contributed by atoms with van der Waals surface area (Å²) in [5, 5.41) is 5.49. The van der Waals surface area contributed by atoms with Gasteiger partial charge in [-0.2, -0.15) is 0 Å². The molecule has 0 saturated heterocycles. The lowest BCUT2D eigenvalue weighted by Crippen LogP contribution is -2.26. The molecule has 8 nitrogen and oxygen atoms in total. The quantitative estimate of drug-likeness (QED) is 0.613. The molecule has 0 fully saturated rings. The van der Waals surface area contributed by atoms with Crippen molar-refractivity contribution in [2.24, 2.45) is 0 Å². The number of nitrogens with one attached hydrogen (secondary N) is 2. The number of fused-ring (bicyclic) bond motifs is 1. The molecule has 2 aromatic carbocycles. The molecule has 0 aliphatic carbocycles. The maximum atomic E-state index is 12.4. The second kappa shape index (κ2) is 9.78. The molecule has 2 N–H and O–H groups in total. The van der Waals surface area contributed by atoms with Gasteiger partial charge in [0, 0.05) is 24.9 Å². The largest absolute Gasteiger partial charge is 0.493 e. The van der Waals surface area contributed by atoms with Crippen molar-refractivity contribution >= 4 is 23.3 Å². The average molecular weight is 412 g/mol. The Morgan fingerprint density at radius 3 is 2.63 bits per heavy atom. The van der Waals surface area contributed by atoms with E-state index in [0.29, 0.717) is 41.5 Å². The highest BCUT2D eigenvalue weighted by Gasteiger charge is 2.18. The van der Waals surface area contributed by atoms with Gasteiger partial charge < -0.3 is 24.8 Å². The minimum absolute atomic E-state index is 0.0379. The number of anilines is 1.